The third-order valence-corrected chi connectivity index (χ3v) is 4.51. The van der Waals surface area contributed by atoms with Crippen molar-refractivity contribution in [2.45, 2.75) is 40.7 Å². The number of carbonyl (C=O) groups excluding carboxylic acids is 2. The highest BCUT2D eigenvalue weighted by Gasteiger charge is 2.24. The number of likely N-dealkylation sites (N-methyl/N-ethyl adjacent to an activating group) is 1. The molecule has 156 valence electrons. The summed E-state index contributed by atoms with van der Waals surface area (Å²) in [7, 11) is 0. The quantitative estimate of drug-likeness (QED) is 0.461. The first kappa shape index (κ1) is 23.6. The maximum atomic E-state index is 12.9. The molecule has 8 nitrogen and oxygen atoms in total. The van der Waals surface area contributed by atoms with Gasteiger partial charge in [-0.25, -0.2) is 0 Å². The van der Waals surface area contributed by atoms with Crippen LogP contribution in [-0.2, 0) is 4.79 Å². The molecule has 1 unspecified atom stereocenters. The molecule has 8 heteroatoms. The van der Waals surface area contributed by atoms with Crippen molar-refractivity contribution >= 4 is 17.5 Å². The summed E-state index contributed by atoms with van der Waals surface area (Å²) in [6.07, 6.45) is 0. The molecule has 1 atom stereocenters. The van der Waals surface area contributed by atoms with Crippen molar-refractivity contribution in [3.05, 3.63) is 39.9 Å². The molecule has 1 aromatic rings. The minimum Gasteiger partial charge on any atom is -0.341 e. The van der Waals surface area contributed by atoms with Crippen LogP contribution in [-0.4, -0.2) is 65.3 Å². The summed E-state index contributed by atoms with van der Waals surface area (Å²) in [6.45, 7) is 13.7. The monoisotopic (exact) mass is 392 g/mol. The zero-order chi connectivity index (χ0) is 21.3. The summed E-state index contributed by atoms with van der Waals surface area (Å²) >= 11 is 0. The molecular formula is C20H32N4O4. The SMILES string of the molecule is CCN(CC)CCN(CC(C)C)C(=O)C(C)NC(=O)c1cccc([N+](=O)[O-])c1. The zero-order valence-electron chi connectivity index (χ0n) is 17.5. The van der Waals surface area contributed by atoms with E-state index >= 15 is 0 Å². The van der Waals surface area contributed by atoms with Crippen molar-refractivity contribution < 1.29 is 14.5 Å². The first-order valence-corrected chi connectivity index (χ1v) is 9.75. The van der Waals surface area contributed by atoms with Gasteiger partial charge in [0.1, 0.15) is 6.04 Å². The summed E-state index contributed by atoms with van der Waals surface area (Å²) in [4.78, 5) is 39.7. The van der Waals surface area contributed by atoms with Gasteiger partial charge in [-0.1, -0.05) is 33.8 Å². The number of benzene rings is 1. The molecule has 0 aliphatic heterocycles. The Labute approximate surface area is 167 Å². The van der Waals surface area contributed by atoms with Gasteiger partial charge in [-0.15, -0.1) is 0 Å². The van der Waals surface area contributed by atoms with Gasteiger partial charge in [-0.3, -0.25) is 19.7 Å². The van der Waals surface area contributed by atoms with Crippen LogP contribution in [0.3, 0.4) is 0 Å². The molecule has 0 radical (unpaired) electrons. The average Bonchev–Trinajstić information content (AvgIpc) is 2.66. The summed E-state index contributed by atoms with van der Waals surface area (Å²) in [5.41, 5.74) is -0.000290. The Balaban J connectivity index is 2.81. The molecule has 0 aliphatic carbocycles. The van der Waals surface area contributed by atoms with Crippen molar-refractivity contribution in [3.63, 3.8) is 0 Å². The Bertz CT molecular complexity index is 674. The number of non-ortho nitro benzene ring substituents is 1. The van der Waals surface area contributed by atoms with E-state index in [-0.39, 0.29) is 17.2 Å². The van der Waals surface area contributed by atoms with Gasteiger partial charge in [0.05, 0.1) is 4.92 Å². The molecule has 0 aliphatic rings. The zero-order valence-corrected chi connectivity index (χ0v) is 17.5. The molecule has 2 amide bonds. The van der Waals surface area contributed by atoms with E-state index in [0.29, 0.717) is 19.0 Å². The standard InChI is InChI=1S/C20H32N4O4/c1-6-22(7-2)11-12-23(14-15(3)4)20(26)16(5)21-19(25)17-9-8-10-18(13-17)24(27)28/h8-10,13,15-16H,6-7,11-12,14H2,1-5H3,(H,21,25). The molecule has 0 fully saturated rings. The smallest absolute Gasteiger partial charge is 0.270 e. The van der Waals surface area contributed by atoms with Gasteiger partial charge in [-0.2, -0.15) is 0 Å². The van der Waals surface area contributed by atoms with Gasteiger partial charge in [0.2, 0.25) is 5.91 Å². The lowest BCUT2D eigenvalue weighted by Gasteiger charge is -2.30. The molecule has 1 aromatic carbocycles. The van der Waals surface area contributed by atoms with E-state index in [2.05, 4.69) is 24.1 Å². The van der Waals surface area contributed by atoms with E-state index in [1.165, 1.54) is 24.3 Å². The highest BCUT2D eigenvalue weighted by molar-refractivity contribution is 5.97. The van der Waals surface area contributed by atoms with Gasteiger partial charge >= 0.3 is 0 Å². The van der Waals surface area contributed by atoms with Crippen LogP contribution in [0.5, 0.6) is 0 Å². The molecule has 28 heavy (non-hydrogen) atoms. The molecule has 1 N–H and O–H groups in total. The molecule has 1 rings (SSSR count). The van der Waals surface area contributed by atoms with E-state index in [9.17, 15) is 19.7 Å². The van der Waals surface area contributed by atoms with Crippen molar-refractivity contribution in [3.8, 4) is 0 Å². The molecule has 0 heterocycles. The predicted octanol–water partition coefficient (Wildman–Crippen LogP) is 2.54. The topological polar surface area (TPSA) is 95.8 Å². The fourth-order valence-corrected chi connectivity index (χ4v) is 2.91. The first-order chi connectivity index (χ1) is 13.2. The summed E-state index contributed by atoms with van der Waals surface area (Å²) in [6, 6.07) is 4.75. The van der Waals surface area contributed by atoms with E-state index in [1.807, 2.05) is 13.8 Å². The van der Waals surface area contributed by atoms with Crippen molar-refractivity contribution in [1.29, 1.82) is 0 Å². The van der Waals surface area contributed by atoms with Gasteiger partial charge in [-0.05, 0) is 32.0 Å². The van der Waals surface area contributed by atoms with Crippen LogP contribution in [0, 0.1) is 16.0 Å². The Morgan fingerprint density at radius 2 is 1.79 bits per heavy atom. The molecule has 0 saturated carbocycles. The van der Waals surface area contributed by atoms with Crippen molar-refractivity contribution in [1.82, 2.24) is 15.1 Å². The van der Waals surface area contributed by atoms with E-state index in [4.69, 9.17) is 0 Å². The lowest BCUT2D eigenvalue weighted by Crippen LogP contribution is -2.50. The second-order valence-corrected chi connectivity index (χ2v) is 7.21. The maximum absolute atomic E-state index is 12.9. The van der Waals surface area contributed by atoms with Crippen LogP contribution in [0.15, 0.2) is 24.3 Å². The maximum Gasteiger partial charge on any atom is 0.270 e. The molecule has 0 spiro atoms. The number of amides is 2. The van der Waals surface area contributed by atoms with Crippen LogP contribution in [0.1, 0.15) is 45.0 Å². The number of nitrogens with zero attached hydrogens (tertiary/aromatic N) is 3. The van der Waals surface area contributed by atoms with E-state index < -0.39 is 16.9 Å². The van der Waals surface area contributed by atoms with Gasteiger partial charge in [0.15, 0.2) is 0 Å². The highest BCUT2D eigenvalue weighted by Crippen LogP contribution is 2.13. The molecule has 0 saturated heterocycles. The number of carbonyl (C=O) groups is 2. The van der Waals surface area contributed by atoms with Crippen LogP contribution in [0.25, 0.3) is 0 Å². The summed E-state index contributed by atoms with van der Waals surface area (Å²) in [5.74, 6) is -0.349. The number of nitrogens with one attached hydrogen (secondary N) is 1. The molecule has 0 aromatic heterocycles. The predicted molar refractivity (Wildman–Crippen MR) is 109 cm³/mol. The Morgan fingerprint density at radius 1 is 1.14 bits per heavy atom. The van der Waals surface area contributed by atoms with Crippen LogP contribution >= 0.6 is 0 Å². The van der Waals surface area contributed by atoms with Crippen LogP contribution in [0.4, 0.5) is 5.69 Å². The average molecular weight is 393 g/mol. The number of hydrogen-bond acceptors (Lipinski definition) is 5. The normalized spacial score (nSPS) is 12.1. The fourth-order valence-electron chi connectivity index (χ4n) is 2.91. The van der Waals surface area contributed by atoms with Crippen LogP contribution in [0.2, 0.25) is 0 Å². The summed E-state index contributed by atoms with van der Waals surface area (Å²) < 4.78 is 0. The first-order valence-electron chi connectivity index (χ1n) is 9.75. The largest absolute Gasteiger partial charge is 0.341 e. The lowest BCUT2D eigenvalue weighted by atomic mass is 10.1. The Kier molecular flexibility index (Phi) is 9.58. The number of nitro benzene ring substituents is 1. The number of rotatable bonds is 11. The number of nitro groups is 1. The van der Waals surface area contributed by atoms with E-state index in [1.54, 1.807) is 11.8 Å². The second-order valence-electron chi connectivity index (χ2n) is 7.21. The fraction of sp³-hybridized carbons (Fsp3) is 0.600. The van der Waals surface area contributed by atoms with Gasteiger partial charge < -0.3 is 15.1 Å². The third-order valence-electron chi connectivity index (χ3n) is 4.51. The Hall–Kier alpha value is -2.48. The molecule has 0 bridgehead atoms. The van der Waals surface area contributed by atoms with Crippen LogP contribution < -0.4 is 5.32 Å². The minimum absolute atomic E-state index is 0.153. The Morgan fingerprint density at radius 3 is 2.32 bits per heavy atom. The second kappa shape index (κ2) is 11.4. The molecular weight excluding hydrogens is 360 g/mol. The third kappa shape index (κ3) is 7.26. The minimum atomic E-state index is -0.720. The van der Waals surface area contributed by atoms with Gasteiger partial charge in [0.25, 0.3) is 11.6 Å². The number of hydrogen-bond donors (Lipinski definition) is 1. The van der Waals surface area contributed by atoms with E-state index in [0.717, 1.165) is 19.6 Å². The summed E-state index contributed by atoms with van der Waals surface area (Å²) in [5, 5.41) is 13.5. The van der Waals surface area contributed by atoms with Gasteiger partial charge in [0, 0.05) is 37.3 Å². The van der Waals surface area contributed by atoms with Crippen molar-refractivity contribution in [2.75, 3.05) is 32.7 Å². The lowest BCUT2D eigenvalue weighted by molar-refractivity contribution is -0.384. The highest BCUT2D eigenvalue weighted by atomic mass is 16.6. The van der Waals surface area contributed by atoms with Crippen molar-refractivity contribution in [2.24, 2.45) is 5.92 Å².